The highest BCUT2D eigenvalue weighted by Gasteiger charge is 2.26. The van der Waals surface area contributed by atoms with Crippen LogP contribution in [0.1, 0.15) is 32.4 Å². The van der Waals surface area contributed by atoms with Crippen LogP contribution in [0, 0.1) is 11.2 Å². The molecule has 1 atom stereocenters. The Kier molecular flexibility index (Phi) is 2.90. The summed E-state index contributed by atoms with van der Waals surface area (Å²) < 4.78 is 13.0. The molecule has 1 aromatic rings. The first-order valence-corrected chi connectivity index (χ1v) is 4.77. The molecule has 0 saturated heterocycles. The van der Waals surface area contributed by atoms with Crippen molar-refractivity contribution in [3.63, 3.8) is 0 Å². The zero-order valence-corrected chi connectivity index (χ0v) is 9.21. The van der Waals surface area contributed by atoms with Crippen molar-refractivity contribution in [2.45, 2.75) is 26.8 Å². The van der Waals surface area contributed by atoms with Crippen molar-refractivity contribution in [3.05, 3.63) is 23.5 Å². The van der Waals surface area contributed by atoms with Gasteiger partial charge in [-0.25, -0.2) is 4.39 Å². The fraction of sp³-hybridized carbons (Fsp3) is 0.455. The first-order chi connectivity index (χ1) is 6.75. The molecule has 0 spiro atoms. The number of hydrogen-bond acceptors (Lipinski definition) is 3. The van der Waals surface area contributed by atoms with Crippen LogP contribution in [0.5, 0.6) is 5.75 Å². The lowest BCUT2D eigenvalue weighted by Crippen LogP contribution is -2.26. The minimum atomic E-state index is -0.627. The Morgan fingerprint density at radius 1 is 1.33 bits per heavy atom. The molecule has 1 aromatic carbocycles. The summed E-state index contributed by atoms with van der Waals surface area (Å²) >= 11 is 0. The van der Waals surface area contributed by atoms with E-state index in [1.165, 1.54) is 12.1 Å². The summed E-state index contributed by atoms with van der Waals surface area (Å²) in [6.07, 6.45) is 0. The van der Waals surface area contributed by atoms with Crippen LogP contribution >= 0.6 is 0 Å². The lowest BCUT2D eigenvalue weighted by atomic mass is 9.82. The molecule has 0 aliphatic heterocycles. The quantitative estimate of drug-likeness (QED) is 0.493. The van der Waals surface area contributed by atoms with Crippen LogP contribution in [0.2, 0.25) is 0 Å². The summed E-state index contributed by atoms with van der Waals surface area (Å²) in [5.74, 6) is -0.880. The number of aromatic hydroxyl groups is 1. The van der Waals surface area contributed by atoms with E-state index < -0.39 is 5.82 Å². The number of halogens is 1. The van der Waals surface area contributed by atoms with Crippen LogP contribution in [0.15, 0.2) is 12.1 Å². The number of phenols is 1. The number of nitrogen functional groups attached to an aromatic ring is 1. The van der Waals surface area contributed by atoms with Crippen molar-refractivity contribution in [1.82, 2.24) is 0 Å². The molecular weight excluding hydrogens is 195 g/mol. The highest BCUT2D eigenvalue weighted by molar-refractivity contribution is 5.57. The Labute approximate surface area is 88.9 Å². The van der Waals surface area contributed by atoms with Gasteiger partial charge in [-0.1, -0.05) is 26.8 Å². The molecule has 0 fully saturated rings. The van der Waals surface area contributed by atoms with Crippen molar-refractivity contribution in [3.8, 4) is 5.75 Å². The van der Waals surface area contributed by atoms with E-state index in [2.05, 4.69) is 0 Å². The third-order valence-electron chi connectivity index (χ3n) is 2.46. The van der Waals surface area contributed by atoms with Crippen LogP contribution < -0.4 is 11.5 Å². The van der Waals surface area contributed by atoms with Gasteiger partial charge in [-0.05, 0) is 11.5 Å². The molecule has 0 radical (unpaired) electrons. The number of phenolic OH excluding ortho intramolecular Hbond substituents is 1. The number of anilines is 1. The maximum absolute atomic E-state index is 13.0. The lowest BCUT2D eigenvalue weighted by molar-refractivity contribution is 0.317. The van der Waals surface area contributed by atoms with E-state index in [4.69, 9.17) is 11.5 Å². The molecule has 0 unspecified atom stereocenters. The summed E-state index contributed by atoms with van der Waals surface area (Å²) in [5.41, 5.74) is 11.3. The van der Waals surface area contributed by atoms with Gasteiger partial charge in [0.1, 0.15) is 17.3 Å². The molecule has 0 amide bonds. The van der Waals surface area contributed by atoms with E-state index in [-0.39, 0.29) is 22.9 Å². The van der Waals surface area contributed by atoms with Crippen molar-refractivity contribution in [1.29, 1.82) is 0 Å². The van der Waals surface area contributed by atoms with Crippen molar-refractivity contribution in [2.24, 2.45) is 11.1 Å². The maximum atomic E-state index is 13.0. The Morgan fingerprint density at radius 3 is 2.33 bits per heavy atom. The standard InChI is InChI=1S/C11H17FN2O/c1-11(2,3)10(14)6-4-5-7(12)8(13)9(6)15/h4-5,10,15H,13-14H2,1-3H3/t10-/m1/s1. The average Bonchev–Trinajstić information content (AvgIpc) is 2.12. The van der Waals surface area contributed by atoms with Crippen LogP contribution in [0.25, 0.3) is 0 Å². The Bertz CT molecular complexity index is 372. The third kappa shape index (κ3) is 2.21. The minimum Gasteiger partial charge on any atom is -0.505 e. The fourth-order valence-corrected chi connectivity index (χ4v) is 1.32. The second kappa shape index (κ2) is 3.70. The predicted molar refractivity (Wildman–Crippen MR) is 58.9 cm³/mol. The van der Waals surface area contributed by atoms with Crippen LogP contribution in [0.4, 0.5) is 10.1 Å². The van der Waals surface area contributed by atoms with Gasteiger partial charge in [-0.2, -0.15) is 0 Å². The summed E-state index contributed by atoms with van der Waals surface area (Å²) in [6, 6.07) is 2.30. The monoisotopic (exact) mass is 212 g/mol. The second-order valence-electron chi connectivity index (χ2n) is 4.74. The third-order valence-corrected chi connectivity index (χ3v) is 2.46. The molecule has 84 valence electrons. The minimum absolute atomic E-state index is 0.220. The molecule has 0 aromatic heterocycles. The molecule has 0 aliphatic rings. The average molecular weight is 212 g/mol. The van der Waals surface area contributed by atoms with Gasteiger partial charge in [-0.3, -0.25) is 0 Å². The van der Waals surface area contributed by atoms with E-state index in [1.807, 2.05) is 20.8 Å². The van der Waals surface area contributed by atoms with Gasteiger partial charge < -0.3 is 16.6 Å². The largest absolute Gasteiger partial charge is 0.505 e. The highest BCUT2D eigenvalue weighted by atomic mass is 19.1. The topological polar surface area (TPSA) is 72.3 Å². The van der Waals surface area contributed by atoms with Gasteiger partial charge in [0.15, 0.2) is 0 Å². The Morgan fingerprint density at radius 2 is 1.87 bits per heavy atom. The SMILES string of the molecule is CC(C)(C)[C@H](N)c1ccc(F)c(N)c1O. The molecule has 3 nitrogen and oxygen atoms in total. The summed E-state index contributed by atoms with van der Waals surface area (Å²) in [7, 11) is 0. The van der Waals surface area contributed by atoms with Crippen molar-refractivity contribution < 1.29 is 9.50 Å². The molecule has 15 heavy (non-hydrogen) atoms. The van der Waals surface area contributed by atoms with Crippen LogP contribution in [-0.4, -0.2) is 5.11 Å². The lowest BCUT2D eigenvalue weighted by Gasteiger charge is -2.28. The summed E-state index contributed by atoms with van der Waals surface area (Å²) in [5, 5.41) is 9.67. The van der Waals surface area contributed by atoms with Crippen LogP contribution in [0.3, 0.4) is 0 Å². The maximum Gasteiger partial charge on any atom is 0.149 e. The Balaban J connectivity index is 3.23. The van der Waals surface area contributed by atoms with Gasteiger partial charge in [-0.15, -0.1) is 0 Å². The zero-order chi connectivity index (χ0) is 11.8. The Hall–Kier alpha value is -1.29. The smallest absolute Gasteiger partial charge is 0.149 e. The van der Waals surface area contributed by atoms with Crippen LogP contribution in [-0.2, 0) is 0 Å². The van der Waals surface area contributed by atoms with Crippen molar-refractivity contribution >= 4 is 5.69 Å². The van der Waals surface area contributed by atoms with E-state index in [1.54, 1.807) is 0 Å². The zero-order valence-electron chi connectivity index (χ0n) is 9.21. The van der Waals surface area contributed by atoms with Gasteiger partial charge >= 0.3 is 0 Å². The van der Waals surface area contributed by atoms with E-state index in [9.17, 15) is 9.50 Å². The second-order valence-corrected chi connectivity index (χ2v) is 4.74. The predicted octanol–water partition coefficient (Wildman–Crippen LogP) is 2.16. The van der Waals surface area contributed by atoms with E-state index in [0.29, 0.717) is 5.56 Å². The number of benzene rings is 1. The number of nitrogens with two attached hydrogens (primary N) is 2. The molecule has 0 saturated carbocycles. The normalized spacial score (nSPS) is 13.9. The van der Waals surface area contributed by atoms with Gasteiger partial charge in [0.05, 0.1) is 0 Å². The van der Waals surface area contributed by atoms with Gasteiger partial charge in [0, 0.05) is 11.6 Å². The molecule has 1 rings (SSSR count). The molecular formula is C11H17FN2O. The molecule has 0 heterocycles. The van der Waals surface area contributed by atoms with Gasteiger partial charge in [0.2, 0.25) is 0 Å². The first-order valence-electron chi connectivity index (χ1n) is 4.77. The summed E-state index contributed by atoms with van der Waals surface area (Å²) in [6.45, 7) is 5.82. The summed E-state index contributed by atoms with van der Waals surface area (Å²) in [4.78, 5) is 0. The van der Waals surface area contributed by atoms with E-state index in [0.717, 1.165) is 0 Å². The highest BCUT2D eigenvalue weighted by Crippen LogP contribution is 2.38. The van der Waals surface area contributed by atoms with Crippen molar-refractivity contribution in [2.75, 3.05) is 5.73 Å². The van der Waals surface area contributed by atoms with Gasteiger partial charge in [0.25, 0.3) is 0 Å². The number of rotatable bonds is 1. The van der Waals surface area contributed by atoms with E-state index >= 15 is 0 Å². The molecule has 4 heteroatoms. The molecule has 5 N–H and O–H groups in total. The molecule has 0 aliphatic carbocycles. The first kappa shape index (κ1) is 11.8. The fourth-order valence-electron chi connectivity index (χ4n) is 1.32. The molecule has 0 bridgehead atoms. The number of hydrogen-bond donors (Lipinski definition) is 3.